The summed E-state index contributed by atoms with van der Waals surface area (Å²) in [6.45, 7) is 0. The van der Waals surface area contributed by atoms with Gasteiger partial charge in [-0.25, -0.2) is 4.79 Å². The van der Waals surface area contributed by atoms with Gasteiger partial charge in [0.15, 0.2) is 0 Å². The minimum absolute atomic E-state index is 0.0701. The number of halogens is 1. The van der Waals surface area contributed by atoms with Gasteiger partial charge in [-0.2, -0.15) is 0 Å². The summed E-state index contributed by atoms with van der Waals surface area (Å²) in [5, 5.41) is 42.3. The zero-order valence-corrected chi connectivity index (χ0v) is 15.2. The molecule has 1 atom stereocenters. The first-order chi connectivity index (χ1) is 11.8. The molecule has 2 rings (SSSR count). The summed E-state index contributed by atoms with van der Waals surface area (Å²) in [7, 11) is -1.87. The van der Waals surface area contributed by atoms with E-state index in [4.69, 9.17) is 5.11 Å². The average molecular weight is 428 g/mol. The largest absolute Gasteiger partial charge is 0.507 e. The van der Waals surface area contributed by atoms with Crippen molar-refractivity contribution in [3.8, 4) is 5.75 Å². The highest BCUT2D eigenvalue weighted by molar-refractivity contribution is 9.10. The number of thiophene rings is 1. The van der Waals surface area contributed by atoms with E-state index in [-0.39, 0.29) is 24.0 Å². The van der Waals surface area contributed by atoms with Crippen molar-refractivity contribution < 1.29 is 29.9 Å². The number of aromatic carboxylic acids is 1. The monoisotopic (exact) mass is 427 g/mol. The number of phenols is 1. The van der Waals surface area contributed by atoms with E-state index < -0.39 is 30.7 Å². The minimum atomic E-state index is -1.87. The first kappa shape index (κ1) is 19.4. The second-order valence-electron chi connectivity index (χ2n) is 5.32. The molecule has 132 valence electrons. The van der Waals surface area contributed by atoms with Crippen LogP contribution in [0.25, 0.3) is 0 Å². The summed E-state index contributed by atoms with van der Waals surface area (Å²) in [6, 6.07) is 5.92. The van der Waals surface area contributed by atoms with Crippen LogP contribution in [0.15, 0.2) is 34.1 Å². The first-order valence-electron chi connectivity index (χ1n) is 7.20. The van der Waals surface area contributed by atoms with Gasteiger partial charge in [0, 0.05) is 14.7 Å². The summed E-state index contributed by atoms with van der Waals surface area (Å²) in [5.41, 5.74) is -0.101. The highest BCUT2D eigenvalue weighted by Gasteiger charge is 2.27. The van der Waals surface area contributed by atoms with Crippen molar-refractivity contribution in [1.29, 1.82) is 0 Å². The molecule has 0 radical (unpaired) electrons. The molecule has 1 aromatic heterocycles. The predicted octanol–water partition coefficient (Wildman–Crippen LogP) is 1.20. The molecule has 1 unspecified atom stereocenters. The van der Waals surface area contributed by atoms with Gasteiger partial charge >= 0.3 is 13.1 Å². The molecular formula is C15H15BBrNO6S. The number of hydrogen-bond acceptors (Lipinski definition) is 6. The topological polar surface area (TPSA) is 127 Å². The molecule has 0 saturated carbocycles. The van der Waals surface area contributed by atoms with Crippen molar-refractivity contribution >= 4 is 46.3 Å². The third-order valence-corrected chi connectivity index (χ3v) is 5.15. The third-order valence-electron chi connectivity index (χ3n) is 3.45. The van der Waals surface area contributed by atoms with E-state index in [1.807, 2.05) is 5.38 Å². The molecule has 0 spiro atoms. The highest BCUT2D eigenvalue weighted by Crippen LogP contribution is 2.24. The first-order valence-corrected chi connectivity index (χ1v) is 8.87. The maximum absolute atomic E-state index is 12.1. The Balaban J connectivity index is 2.10. The van der Waals surface area contributed by atoms with Crippen molar-refractivity contribution in [2.45, 2.75) is 18.8 Å². The summed E-state index contributed by atoms with van der Waals surface area (Å²) >= 11 is 4.68. The summed E-state index contributed by atoms with van der Waals surface area (Å²) in [6.07, 6.45) is -0.0644. The normalized spacial score (nSPS) is 11.8. The van der Waals surface area contributed by atoms with Crippen LogP contribution in [-0.2, 0) is 17.6 Å². The molecule has 2 aromatic rings. The number of carboxylic acids is 1. The van der Waals surface area contributed by atoms with Crippen LogP contribution >= 0.6 is 27.3 Å². The smallest absolute Gasteiger partial charge is 0.475 e. The van der Waals surface area contributed by atoms with Crippen LogP contribution in [0.1, 0.15) is 20.8 Å². The predicted molar refractivity (Wildman–Crippen MR) is 96.6 cm³/mol. The molecule has 0 saturated heterocycles. The van der Waals surface area contributed by atoms with Gasteiger partial charge in [0.2, 0.25) is 5.91 Å². The zero-order valence-electron chi connectivity index (χ0n) is 12.8. The van der Waals surface area contributed by atoms with Crippen LogP contribution in [-0.4, -0.2) is 45.2 Å². The molecule has 0 fully saturated rings. The molecule has 1 heterocycles. The molecule has 0 aliphatic rings. The van der Waals surface area contributed by atoms with E-state index in [1.54, 1.807) is 6.07 Å². The number of hydrogen-bond donors (Lipinski definition) is 5. The summed E-state index contributed by atoms with van der Waals surface area (Å²) in [5.74, 6) is -3.27. The molecule has 0 aliphatic carbocycles. The van der Waals surface area contributed by atoms with Crippen LogP contribution in [0.5, 0.6) is 5.75 Å². The molecule has 7 nitrogen and oxygen atoms in total. The lowest BCUT2D eigenvalue weighted by atomic mass is 9.75. The van der Waals surface area contributed by atoms with Crippen LogP contribution in [0.2, 0.25) is 0 Å². The Morgan fingerprint density at radius 1 is 1.32 bits per heavy atom. The van der Waals surface area contributed by atoms with Crippen LogP contribution < -0.4 is 5.32 Å². The summed E-state index contributed by atoms with van der Waals surface area (Å²) in [4.78, 5) is 23.9. The molecule has 25 heavy (non-hydrogen) atoms. The molecule has 1 aromatic carbocycles. The van der Waals surface area contributed by atoms with Crippen LogP contribution in [0.4, 0.5) is 0 Å². The van der Waals surface area contributed by atoms with Crippen molar-refractivity contribution in [2.75, 3.05) is 0 Å². The molecule has 0 bridgehead atoms. The van der Waals surface area contributed by atoms with Gasteiger partial charge in [-0.05, 0) is 40.0 Å². The molecule has 1 amide bonds. The van der Waals surface area contributed by atoms with Crippen LogP contribution in [0.3, 0.4) is 0 Å². The van der Waals surface area contributed by atoms with E-state index in [2.05, 4.69) is 21.2 Å². The lowest BCUT2D eigenvalue weighted by Crippen LogP contribution is -2.48. The maximum atomic E-state index is 12.1. The number of aromatic hydroxyl groups is 1. The number of carbonyl (C=O) groups excluding carboxylic acids is 1. The zero-order chi connectivity index (χ0) is 18.6. The van der Waals surface area contributed by atoms with Gasteiger partial charge in [-0.15, -0.1) is 11.3 Å². The number of amides is 1. The van der Waals surface area contributed by atoms with Crippen molar-refractivity contribution in [3.63, 3.8) is 0 Å². The SMILES string of the molecule is O=C(Cc1cc(Br)cs1)NC(Cc1cccc(C(=O)O)c1O)B(O)O. The van der Waals surface area contributed by atoms with E-state index in [9.17, 15) is 24.7 Å². The molecule has 0 aliphatic heterocycles. The second kappa shape index (κ2) is 8.48. The fourth-order valence-electron chi connectivity index (χ4n) is 2.26. The van der Waals surface area contributed by atoms with Gasteiger partial charge in [-0.1, -0.05) is 12.1 Å². The second-order valence-corrected chi connectivity index (χ2v) is 7.23. The Labute approximate surface area is 156 Å². The quantitative estimate of drug-likeness (QED) is 0.422. The van der Waals surface area contributed by atoms with E-state index >= 15 is 0 Å². The average Bonchev–Trinajstić information content (AvgIpc) is 2.92. The number of nitrogens with one attached hydrogen (secondary N) is 1. The van der Waals surface area contributed by atoms with Crippen molar-refractivity contribution in [3.05, 3.63) is 50.1 Å². The molecular weight excluding hydrogens is 413 g/mol. The fourth-order valence-corrected chi connectivity index (χ4v) is 3.71. The summed E-state index contributed by atoms with van der Waals surface area (Å²) < 4.78 is 0.856. The van der Waals surface area contributed by atoms with Gasteiger partial charge < -0.3 is 25.6 Å². The number of benzene rings is 1. The number of carboxylic acid groups (broad SMARTS) is 1. The fraction of sp³-hybridized carbons (Fsp3) is 0.200. The lowest BCUT2D eigenvalue weighted by molar-refractivity contribution is -0.120. The Kier molecular flexibility index (Phi) is 6.60. The molecule has 5 N–H and O–H groups in total. The van der Waals surface area contributed by atoms with Gasteiger partial charge in [0.25, 0.3) is 0 Å². The Bertz CT molecular complexity index is 781. The van der Waals surface area contributed by atoms with Crippen molar-refractivity contribution in [1.82, 2.24) is 5.32 Å². The number of rotatable bonds is 7. The van der Waals surface area contributed by atoms with Crippen molar-refractivity contribution in [2.24, 2.45) is 0 Å². The van der Waals surface area contributed by atoms with Gasteiger partial charge in [0.05, 0.1) is 12.4 Å². The highest BCUT2D eigenvalue weighted by atomic mass is 79.9. The van der Waals surface area contributed by atoms with E-state index in [0.29, 0.717) is 0 Å². The standard InChI is InChI=1S/C15H15BBrNO6S/c17-9-5-10(25-7-9)6-13(19)18-12(16(23)24)4-8-2-1-3-11(14(8)20)15(21)22/h1-3,5,7,12,20,23-24H,4,6H2,(H,18,19)(H,21,22). The maximum Gasteiger partial charge on any atom is 0.475 e. The van der Waals surface area contributed by atoms with Gasteiger partial charge in [-0.3, -0.25) is 4.79 Å². The minimum Gasteiger partial charge on any atom is -0.507 e. The Morgan fingerprint density at radius 2 is 2.04 bits per heavy atom. The Hall–Kier alpha value is -1.88. The number of carbonyl (C=O) groups is 2. The van der Waals surface area contributed by atoms with Gasteiger partial charge in [0.1, 0.15) is 11.3 Å². The lowest BCUT2D eigenvalue weighted by Gasteiger charge is -2.18. The molecule has 10 heteroatoms. The Morgan fingerprint density at radius 3 is 2.60 bits per heavy atom. The third kappa shape index (κ3) is 5.30. The van der Waals surface area contributed by atoms with E-state index in [1.165, 1.54) is 29.5 Å². The van der Waals surface area contributed by atoms with E-state index in [0.717, 1.165) is 9.35 Å². The number of para-hydroxylation sites is 1. The van der Waals surface area contributed by atoms with Crippen LogP contribution in [0, 0.1) is 0 Å².